The van der Waals surface area contributed by atoms with Gasteiger partial charge >= 0.3 is 0 Å². The number of hydrogen-bond acceptors (Lipinski definition) is 4. The minimum atomic E-state index is 0.897. The van der Waals surface area contributed by atoms with Crippen LogP contribution in [0.5, 0.6) is 0 Å². The van der Waals surface area contributed by atoms with E-state index in [2.05, 4.69) is 34.4 Å². The lowest BCUT2D eigenvalue weighted by Crippen LogP contribution is -2.28. The average molecular weight is 197 g/mol. The smallest absolute Gasteiger partial charge is 0.151 e. The van der Waals surface area contributed by atoms with Crippen LogP contribution in [-0.4, -0.2) is 53.4 Å². The Labute approximate surface area is 85.1 Å². The van der Waals surface area contributed by atoms with Crippen molar-refractivity contribution in [3.8, 4) is 0 Å². The molecule has 0 aliphatic heterocycles. The highest BCUT2D eigenvalue weighted by molar-refractivity contribution is 4.81. The molecule has 5 heteroatoms. The van der Waals surface area contributed by atoms with E-state index >= 15 is 0 Å². The summed E-state index contributed by atoms with van der Waals surface area (Å²) in [6.45, 7) is 3.02. The molecule has 0 aliphatic rings. The van der Waals surface area contributed by atoms with E-state index in [4.69, 9.17) is 0 Å². The van der Waals surface area contributed by atoms with Gasteiger partial charge in [0, 0.05) is 33.1 Å². The fourth-order valence-corrected chi connectivity index (χ4v) is 1.13. The van der Waals surface area contributed by atoms with Crippen molar-refractivity contribution < 1.29 is 0 Å². The summed E-state index contributed by atoms with van der Waals surface area (Å²) in [5.74, 6) is 0.907. The molecule has 0 fully saturated rings. The summed E-state index contributed by atoms with van der Waals surface area (Å²) in [4.78, 5) is 6.31. The highest BCUT2D eigenvalue weighted by Gasteiger charge is 1.97. The molecule has 1 aromatic rings. The zero-order chi connectivity index (χ0) is 10.4. The SMILES string of the molecule is CN(C)CCNCCc1ncn(C)n1. The molecule has 1 rings (SSSR count). The van der Waals surface area contributed by atoms with E-state index < -0.39 is 0 Å². The molecule has 1 heterocycles. The minimum absolute atomic E-state index is 0.897. The number of aryl methyl sites for hydroxylation is 1. The Balaban J connectivity index is 2.04. The van der Waals surface area contributed by atoms with Crippen molar-refractivity contribution in [2.75, 3.05) is 33.7 Å². The van der Waals surface area contributed by atoms with E-state index in [1.807, 2.05) is 7.05 Å². The van der Waals surface area contributed by atoms with Gasteiger partial charge in [0.05, 0.1) is 0 Å². The molecule has 0 aromatic carbocycles. The van der Waals surface area contributed by atoms with Crippen LogP contribution in [0.2, 0.25) is 0 Å². The predicted octanol–water partition coefficient (Wildman–Crippen LogP) is -0.491. The Morgan fingerprint density at radius 1 is 1.43 bits per heavy atom. The Hall–Kier alpha value is -0.940. The zero-order valence-electron chi connectivity index (χ0n) is 9.19. The maximum Gasteiger partial charge on any atom is 0.151 e. The van der Waals surface area contributed by atoms with Gasteiger partial charge in [-0.05, 0) is 14.1 Å². The molecule has 1 N–H and O–H groups in total. The van der Waals surface area contributed by atoms with Gasteiger partial charge in [-0.3, -0.25) is 4.68 Å². The number of rotatable bonds is 6. The third kappa shape index (κ3) is 4.34. The van der Waals surface area contributed by atoms with Gasteiger partial charge in [0.1, 0.15) is 6.33 Å². The van der Waals surface area contributed by atoms with Crippen molar-refractivity contribution in [1.29, 1.82) is 0 Å². The molecule has 0 spiro atoms. The number of aromatic nitrogens is 3. The molecule has 0 aliphatic carbocycles. The zero-order valence-corrected chi connectivity index (χ0v) is 9.19. The molecule has 1 aromatic heterocycles. The summed E-state index contributed by atoms with van der Waals surface area (Å²) in [6, 6.07) is 0. The van der Waals surface area contributed by atoms with Crippen LogP contribution >= 0.6 is 0 Å². The Kier molecular flexibility index (Phi) is 4.55. The summed E-state index contributed by atoms with van der Waals surface area (Å²) in [5.41, 5.74) is 0. The molecule has 5 nitrogen and oxygen atoms in total. The molecular weight excluding hydrogens is 178 g/mol. The average Bonchev–Trinajstić information content (AvgIpc) is 2.50. The van der Waals surface area contributed by atoms with Crippen molar-refractivity contribution in [2.24, 2.45) is 7.05 Å². The van der Waals surface area contributed by atoms with E-state index in [0.29, 0.717) is 0 Å². The molecule has 0 unspecified atom stereocenters. The summed E-state index contributed by atoms with van der Waals surface area (Å²) >= 11 is 0. The minimum Gasteiger partial charge on any atom is -0.315 e. The Bertz CT molecular complexity index is 255. The third-order valence-corrected chi connectivity index (χ3v) is 1.91. The van der Waals surface area contributed by atoms with Crippen LogP contribution in [-0.2, 0) is 13.5 Å². The lowest BCUT2D eigenvalue weighted by Gasteiger charge is -2.09. The maximum atomic E-state index is 4.20. The molecule has 0 bridgehead atoms. The number of nitrogens with zero attached hydrogens (tertiary/aromatic N) is 4. The first-order chi connectivity index (χ1) is 6.68. The van der Waals surface area contributed by atoms with Crippen LogP contribution in [0.25, 0.3) is 0 Å². The van der Waals surface area contributed by atoms with Crippen molar-refractivity contribution >= 4 is 0 Å². The van der Waals surface area contributed by atoms with Gasteiger partial charge in [0.15, 0.2) is 5.82 Å². The van der Waals surface area contributed by atoms with Crippen LogP contribution in [0.15, 0.2) is 6.33 Å². The first-order valence-corrected chi connectivity index (χ1v) is 4.88. The van der Waals surface area contributed by atoms with Crippen LogP contribution in [0.3, 0.4) is 0 Å². The monoisotopic (exact) mass is 197 g/mol. The second kappa shape index (κ2) is 5.72. The Morgan fingerprint density at radius 2 is 2.21 bits per heavy atom. The van der Waals surface area contributed by atoms with E-state index in [-0.39, 0.29) is 0 Å². The highest BCUT2D eigenvalue weighted by atomic mass is 15.3. The van der Waals surface area contributed by atoms with Crippen LogP contribution < -0.4 is 5.32 Å². The third-order valence-electron chi connectivity index (χ3n) is 1.91. The number of hydrogen-bond donors (Lipinski definition) is 1. The maximum absolute atomic E-state index is 4.20. The van der Waals surface area contributed by atoms with Gasteiger partial charge in [0.25, 0.3) is 0 Å². The molecule has 80 valence electrons. The fourth-order valence-electron chi connectivity index (χ4n) is 1.13. The standard InChI is InChI=1S/C9H19N5/c1-13(2)7-6-10-5-4-9-11-8-14(3)12-9/h8,10H,4-7H2,1-3H3. The van der Waals surface area contributed by atoms with Gasteiger partial charge in [-0.1, -0.05) is 0 Å². The molecule has 14 heavy (non-hydrogen) atoms. The van der Waals surface area contributed by atoms with E-state index in [1.165, 1.54) is 0 Å². The summed E-state index contributed by atoms with van der Waals surface area (Å²) in [5, 5.41) is 7.54. The molecule has 0 saturated carbocycles. The first kappa shape index (κ1) is 11.1. The summed E-state index contributed by atoms with van der Waals surface area (Å²) in [7, 11) is 6.03. The normalized spacial score (nSPS) is 11.1. The van der Waals surface area contributed by atoms with Crippen LogP contribution in [0.4, 0.5) is 0 Å². The highest BCUT2D eigenvalue weighted by Crippen LogP contribution is 1.87. The fraction of sp³-hybridized carbons (Fsp3) is 0.778. The predicted molar refractivity (Wildman–Crippen MR) is 56.1 cm³/mol. The van der Waals surface area contributed by atoms with Gasteiger partial charge in [-0.25, -0.2) is 4.98 Å². The molecule has 0 radical (unpaired) electrons. The summed E-state index contributed by atoms with van der Waals surface area (Å²) < 4.78 is 1.73. The lowest BCUT2D eigenvalue weighted by atomic mass is 10.4. The van der Waals surface area contributed by atoms with E-state index in [0.717, 1.165) is 31.9 Å². The molecule has 0 atom stereocenters. The Morgan fingerprint density at radius 3 is 2.79 bits per heavy atom. The summed E-state index contributed by atoms with van der Waals surface area (Å²) in [6.07, 6.45) is 2.63. The van der Waals surface area contributed by atoms with Crippen molar-refractivity contribution in [3.05, 3.63) is 12.2 Å². The molecule has 0 amide bonds. The van der Waals surface area contributed by atoms with E-state index in [1.54, 1.807) is 11.0 Å². The second-order valence-corrected chi connectivity index (χ2v) is 3.64. The van der Waals surface area contributed by atoms with Crippen molar-refractivity contribution in [1.82, 2.24) is 25.0 Å². The first-order valence-electron chi connectivity index (χ1n) is 4.88. The molecule has 0 saturated heterocycles. The largest absolute Gasteiger partial charge is 0.315 e. The van der Waals surface area contributed by atoms with Gasteiger partial charge in [0.2, 0.25) is 0 Å². The lowest BCUT2D eigenvalue weighted by molar-refractivity contribution is 0.400. The van der Waals surface area contributed by atoms with Crippen LogP contribution in [0.1, 0.15) is 5.82 Å². The van der Waals surface area contributed by atoms with Gasteiger partial charge < -0.3 is 10.2 Å². The second-order valence-electron chi connectivity index (χ2n) is 3.64. The quantitative estimate of drug-likeness (QED) is 0.625. The van der Waals surface area contributed by atoms with Crippen molar-refractivity contribution in [2.45, 2.75) is 6.42 Å². The van der Waals surface area contributed by atoms with E-state index in [9.17, 15) is 0 Å². The van der Waals surface area contributed by atoms with Crippen LogP contribution in [0, 0.1) is 0 Å². The van der Waals surface area contributed by atoms with Crippen molar-refractivity contribution in [3.63, 3.8) is 0 Å². The van der Waals surface area contributed by atoms with Gasteiger partial charge in [-0.15, -0.1) is 0 Å². The molecular formula is C9H19N5. The number of nitrogens with one attached hydrogen (secondary N) is 1. The van der Waals surface area contributed by atoms with Gasteiger partial charge in [-0.2, -0.15) is 5.10 Å². The topological polar surface area (TPSA) is 46.0 Å². The number of likely N-dealkylation sites (N-methyl/N-ethyl adjacent to an activating group) is 1.